The molecule has 0 N–H and O–H groups in total. The number of allylic oxidation sites excluding steroid dienone is 1. The standard InChI is InChI=1S/C19H17NO4S/c1-12(13-6-4-8-15(10-13)23-2)17-18(21)20(19(22)25-17)14-7-5-9-16(11-14)24-3/h4-11H,1-3H3/b17-12-. The van der Waals surface area contributed by atoms with Crippen molar-refractivity contribution in [2.45, 2.75) is 6.92 Å². The molecule has 1 heterocycles. The number of benzene rings is 2. The molecule has 3 rings (SSSR count). The van der Waals surface area contributed by atoms with Gasteiger partial charge in [-0.25, -0.2) is 4.90 Å². The predicted octanol–water partition coefficient (Wildman–Crippen LogP) is 4.33. The van der Waals surface area contributed by atoms with Gasteiger partial charge in [0.2, 0.25) is 0 Å². The first-order chi connectivity index (χ1) is 12.0. The number of nitrogens with zero attached hydrogens (tertiary/aromatic N) is 1. The first-order valence-electron chi connectivity index (χ1n) is 7.60. The molecule has 128 valence electrons. The molecule has 2 amide bonds. The van der Waals surface area contributed by atoms with Crippen LogP contribution in [0.1, 0.15) is 12.5 Å². The molecule has 0 atom stereocenters. The first-order valence-corrected chi connectivity index (χ1v) is 8.42. The third-order valence-corrected chi connectivity index (χ3v) is 4.97. The summed E-state index contributed by atoms with van der Waals surface area (Å²) < 4.78 is 10.4. The molecule has 0 spiro atoms. The summed E-state index contributed by atoms with van der Waals surface area (Å²) in [7, 11) is 3.13. The van der Waals surface area contributed by atoms with Crippen LogP contribution in [-0.2, 0) is 4.79 Å². The Labute approximate surface area is 150 Å². The van der Waals surface area contributed by atoms with E-state index in [1.165, 1.54) is 4.90 Å². The number of anilines is 1. The molecule has 2 aromatic rings. The number of ether oxygens (including phenoxy) is 2. The maximum atomic E-state index is 12.8. The smallest absolute Gasteiger partial charge is 0.298 e. The minimum atomic E-state index is -0.330. The maximum Gasteiger partial charge on any atom is 0.298 e. The van der Waals surface area contributed by atoms with Crippen LogP contribution in [0.3, 0.4) is 0 Å². The van der Waals surface area contributed by atoms with Gasteiger partial charge in [0.1, 0.15) is 11.5 Å². The molecule has 0 saturated carbocycles. The molecule has 1 saturated heterocycles. The van der Waals surface area contributed by atoms with E-state index in [2.05, 4.69) is 0 Å². The third kappa shape index (κ3) is 3.25. The highest BCUT2D eigenvalue weighted by molar-refractivity contribution is 8.19. The highest BCUT2D eigenvalue weighted by Gasteiger charge is 2.37. The molecular formula is C19H17NO4S. The van der Waals surface area contributed by atoms with Crippen molar-refractivity contribution >= 4 is 34.2 Å². The molecule has 1 fully saturated rings. The summed E-state index contributed by atoms with van der Waals surface area (Å²) in [5.41, 5.74) is 2.08. The highest BCUT2D eigenvalue weighted by atomic mass is 32.2. The van der Waals surface area contributed by atoms with Gasteiger partial charge >= 0.3 is 0 Å². The van der Waals surface area contributed by atoms with Gasteiger partial charge in [-0.1, -0.05) is 18.2 Å². The summed E-state index contributed by atoms with van der Waals surface area (Å²) in [5.74, 6) is 0.956. The minimum absolute atomic E-state index is 0.324. The van der Waals surface area contributed by atoms with E-state index in [0.717, 1.165) is 22.9 Å². The summed E-state index contributed by atoms with van der Waals surface area (Å²) in [6.07, 6.45) is 0. The summed E-state index contributed by atoms with van der Waals surface area (Å²) >= 11 is 0.942. The molecule has 25 heavy (non-hydrogen) atoms. The van der Waals surface area contributed by atoms with Crippen LogP contribution in [0.4, 0.5) is 10.5 Å². The molecule has 0 bridgehead atoms. The van der Waals surface area contributed by atoms with Crippen molar-refractivity contribution in [1.29, 1.82) is 0 Å². The molecule has 2 aromatic carbocycles. The van der Waals surface area contributed by atoms with Crippen LogP contribution in [0.2, 0.25) is 0 Å². The molecule has 1 aliphatic rings. The predicted molar refractivity (Wildman–Crippen MR) is 99.1 cm³/mol. The van der Waals surface area contributed by atoms with E-state index in [4.69, 9.17) is 9.47 Å². The Bertz CT molecular complexity index is 875. The largest absolute Gasteiger partial charge is 0.497 e. The van der Waals surface area contributed by atoms with Crippen LogP contribution < -0.4 is 14.4 Å². The number of carbonyl (C=O) groups is 2. The van der Waals surface area contributed by atoms with Crippen molar-refractivity contribution < 1.29 is 19.1 Å². The second-order valence-electron chi connectivity index (χ2n) is 5.40. The fourth-order valence-corrected chi connectivity index (χ4v) is 3.46. The zero-order valence-corrected chi connectivity index (χ0v) is 14.9. The monoisotopic (exact) mass is 355 g/mol. The van der Waals surface area contributed by atoms with Gasteiger partial charge in [0, 0.05) is 6.07 Å². The molecule has 0 aromatic heterocycles. The minimum Gasteiger partial charge on any atom is -0.497 e. The van der Waals surface area contributed by atoms with Crippen LogP contribution in [0, 0.1) is 0 Å². The van der Waals surface area contributed by atoms with Gasteiger partial charge in [-0.15, -0.1) is 0 Å². The van der Waals surface area contributed by atoms with Gasteiger partial charge in [0.25, 0.3) is 11.1 Å². The molecule has 0 unspecified atom stereocenters. The van der Waals surface area contributed by atoms with Crippen molar-refractivity contribution in [3.8, 4) is 11.5 Å². The van der Waals surface area contributed by atoms with E-state index in [9.17, 15) is 9.59 Å². The number of thioether (sulfide) groups is 1. The Hall–Kier alpha value is -2.73. The van der Waals surface area contributed by atoms with Crippen LogP contribution in [0.15, 0.2) is 53.4 Å². The van der Waals surface area contributed by atoms with Gasteiger partial charge in [0.15, 0.2) is 0 Å². The quantitative estimate of drug-likeness (QED) is 0.764. The Kier molecular flexibility index (Phi) is 4.81. The van der Waals surface area contributed by atoms with Crippen molar-refractivity contribution in [3.63, 3.8) is 0 Å². The molecule has 0 radical (unpaired) electrons. The Morgan fingerprint density at radius 1 is 0.960 bits per heavy atom. The van der Waals surface area contributed by atoms with E-state index in [1.807, 2.05) is 31.2 Å². The second kappa shape index (κ2) is 7.03. The van der Waals surface area contributed by atoms with Crippen LogP contribution in [0.25, 0.3) is 5.57 Å². The normalized spacial score (nSPS) is 16.2. The summed E-state index contributed by atoms with van der Waals surface area (Å²) in [5, 5.41) is -0.324. The maximum absolute atomic E-state index is 12.8. The fourth-order valence-electron chi connectivity index (χ4n) is 2.56. The van der Waals surface area contributed by atoms with Crippen molar-refractivity contribution in [3.05, 3.63) is 59.0 Å². The number of amides is 2. The van der Waals surface area contributed by atoms with Crippen molar-refractivity contribution in [2.24, 2.45) is 0 Å². The van der Waals surface area contributed by atoms with Gasteiger partial charge < -0.3 is 9.47 Å². The van der Waals surface area contributed by atoms with E-state index in [1.54, 1.807) is 38.5 Å². The highest BCUT2D eigenvalue weighted by Crippen LogP contribution is 2.39. The van der Waals surface area contributed by atoms with Crippen molar-refractivity contribution in [2.75, 3.05) is 19.1 Å². The summed E-state index contributed by atoms with van der Waals surface area (Å²) in [4.78, 5) is 26.9. The Morgan fingerprint density at radius 2 is 1.60 bits per heavy atom. The van der Waals surface area contributed by atoms with Gasteiger partial charge in [-0.3, -0.25) is 9.59 Å². The fraction of sp³-hybridized carbons (Fsp3) is 0.158. The number of imide groups is 1. The second-order valence-corrected chi connectivity index (χ2v) is 6.36. The van der Waals surface area contributed by atoms with E-state index in [0.29, 0.717) is 22.1 Å². The summed E-state index contributed by atoms with van der Waals surface area (Å²) in [6, 6.07) is 14.3. The Morgan fingerprint density at radius 3 is 2.28 bits per heavy atom. The molecule has 1 aliphatic heterocycles. The van der Waals surface area contributed by atoms with Crippen LogP contribution in [0.5, 0.6) is 11.5 Å². The lowest BCUT2D eigenvalue weighted by Gasteiger charge is -2.13. The number of rotatable bonds is 4. The average Bonchev–Trinajstić information content (AvgIpc) is 2.95. The van der Waals surface area contributed by atoms with Crippen LogP contribution >= 0.6 is 11.8 Å². The SMILES string of the molecule is COc1cccc(/C(C)=C2\SC(=O)N(c3cccc(OC)c3)C2=O)c1. The number of hydrogen-bond donors (Lipinski definition) is 0. The van der Waals surface area contributed by atoms with Gasteiger partial charge in [0.05, 0.1) is 24.8 Å². The van der Waals surface area contributed by atoms with E-state index >= 15 is 0 Å². The van der Waals surface area contributed by atoms with Crippen molar-refractivity contribution in [1.82, 2.24) is 0 Å². The summed E-state index contributed by atoms with van der Waals surface area (Å²) in [6.45, 7) is 1.83. The lowest BCUT2D eigenvalue weighted by Crippen LogP contribution is -2.27. The van der Waals surface area contributed by atoms with Gasteiger partial charge in [-0.05, 0) is 54.1 Å². The van der Waals surface area contributed by atoms with Gasteiger partial charge in [-0.2, -0.15) is 0 Å². The molecule has 6 heteroatoms. The molecule has 0 aliphatic carbocycles. The lowest BCUT2D eigenvalue weighted by atomic mass is 10.1. The lowest BCUT2D eigenvalue weighted by molar-refractivity contribution is -0.113. The zero-order chi connectivity index (χ0) is 18.0. The number of hydrogen-bond acceptors (Lipinski definition) is 5. The van der Waals surface area contributed by atoms with E-state index < -0.39 is 0 Å². The molecular weight excluding hydrogens is 338 g/mol. The Balaban J connectivity index is 1.99. The van der Waals surface area contributed by atoms with Crippen LogP contribution in [-0.4, -0.2) is 25.4 Å². The molecule has 5 nitrogen and oxygen atoms in total. The zero-order valence-electron chi connectivity index (χ0n) is 14.1. The number of methoxy groups -OCH3 is 2. The topological polar surface area (TPSA) is 55.8 Å². The number of carbonyl (C=O) groups excluding carboxylic acids is 2. The average molecular weight is 355 g/mol. The first kappa shape index (κ1) is 17.1. The van der Waals surface area contributed by atoms with E-state index in [-0.39, 0.29) is 11.1 Å². The third-order valence-electron chi connectivity index (χ3n) is 3.92.